The van der Waals surface area contributed by atoms with E-state index in [1.807, 2.05) is 30.3 Å². The van der Waals surface area contributed by atoms with Crippen molar-refractivity contribution in [3.05, 3.63) is 65.7 Å². The summed E-state index contributed by atoms with van der Waals surface area (Å²) in [6, 6.07) is 15.8. The van der Waals surface area contributed by atoms with Crippen LogP contribution < -0.4 is 9.21 Å². The Morgan fingerprint density at radius 1 is 1.14 bits per heavy atom. The van der Waals surface area contributed by atoms with Crippen LogP contribution in [0.3, 0.4) is 0 Å². The van der Waals surface area contributed by atoms with Gasteiger partial charge in [0, 0.05) is 19.4 Å². The monoisotopic (exact) mass is 421 g/mol. The van der Waals surface area contributed by atoms with E-state index in [9.17, 15) is 17.6 Å². The van der Waals surface area contributed by atoms with Gasteiger partial charge < -0.3 is 5.11 Å². The van der Waals surface area contributed by atoms with Gasteiger partial charge in [-0.15, -0.1) is 0 Å². The predicted molar refractivity (Wildman–Crippen MR) is 111 cm³/mol. The molecule has 0 saturated carbocycles. The van der Waals surface area contributed by atoms with E-state index in [1.165, 1.54) is 12.1 Å². The van der Waals surface area contributed by atoms with Crippen molar-refractivity contribution in [2.45, 2.75) is 25.6 Å². The molecule has 0 spiro atoms. The average Bonchev–Trinajstić information content (AvgIpc) is 3.09. The largest absolute Gasteiger partial charge is 0.478 e. The van der Waals surface area contributed by atoms with Crippen molar-refractivity contribution in [2.75, 3.05) is 25.4 Å². The van der Waals surface area contributed by atoms with Crippen LogP contribution in [0.15, 0.2) is 54.6 Å². The highest BCUT2D eigenvalue weighted by Crippen LogP contribution is 2.31. The first kappa shape index (κ1) is 21.4. The maximum atomic E-state index is 14.0. The fourth-order valence-corrected chi connectivity index (χ4v) is 4.89. The molecule has 2 aromatic carbocycles. The van der Waals surface area contributed by atoms with E-state index in [0.717, 1.165) is 5.69 Å². The van der Waals surface area contributed by atoms with Crippen molar-refractivity contribution in [2.24, 2.45) is 0 Å². The molecule has 6 nitrogen and oxygen atoms in total. The molecule has 1 aliphatic rings. The highest BCUT2D eigenvalue weighted by atomic mass is 32.2. The fourth-order valence-electron chi connectivity index (χ4n) is 3.85. The molecule has 2 N–H and O–H groups in total. The molecule has 29 heavy (non-hydrogen) atoms. The Morgan fingerprint density at radius 2 is 1.83 bits per heavy atom. The van der Waals surface area contributed by atoms with E-state index in [4.69, 9.17) is 5.11 Å². The minimum Gasteiger partial charge on any atom is -0.478 e. The number of nitrogens with one attached hydrogen (secondary N) is 1. The molecule has 2 atom stereocenters. The third kappa shape index (κ3) is 5.62. The number of likely N-dealkylation sites (tertiary alicyclic amines) is 1. The number of aromatic carboxylic acids is 1. The molecule has 0 aliphatic carbocycles. The van der Waals surface area contributed by atoms with Crippen LogP contribution in [0.25, 0.3) is 0 Å². The highest BCUT2D eigenvalue weighted by Gasteiger charge is 2.40. The smallest absolute Gasteiger partial charge is 0.335 e. The Bertz CT molecular complexity index is 935. The van der Waals surface area contributed by atoms with E-state index in [1.54, 1.807) is 12.1 Å². The molecule has 0 amide bonds. The number of para-hydroxylation sites is 1. The summed E-state index contributed by atoms with van der Waals surface area (Å²) in [5.41, 5.74) is 1.87. The quantitative estimate of drug-likeness (QED) is 0.610. The summed E-state index contributed by atoms with van der Waals surface area (Å²) in [5.74, 6) is -1.06. The molecular weight excluding hydrogens is 395 g/mol. The predicted octanol–water partition coefficient (Wildman–Crippen LogP) is 2.94. The molecule has 8 heteroatoms. The summed E-state index contributed by atoms with van der Waals surface area (Å²) in [6.45, 7) is 1.73. The molecule has 0 bridgehead atoms. The molecule has 0 radical (unpaired) electrons. The van der Waals surface area contributed by atoms with Gasteiger partial charge in [-0.05, 0) is 29.8 Å². The molecule has 1 heterocycles. The lowest BCUT2D eigenvalue weighted by molar-refractivity contribution is 0.0697. The van der Waals surface area contributed by atoms with Gasteiger partial charge in [0.15, 0.2) is 6.17 Å². The lowest BCUT2D eigenvalue weighted by Crippen LogP contribution is -2.48. The Balaban J connectivity index is 1.56. The standard InChI is InChI=1S/C21H25FN2O4S/c22-19-11-13-24(16-19,20-5-2-1-3-6-20)12-4-14-29(27,28)23-15-17-7-9-18(10-8-17)21(25)26/h1-3,5-10,19,23H,4,11-16H2/p+1. The van der Waals surface area contributed by atoms with Crippen LogP contribution >= 0.6 is 0 Å². The molecule has 2 unspecified atom stereocenters. The molecule has 1 fully saturated rings. The van der Waals surface area contributed by atoms with Gasteiger partial charge in [0.2, 0.25) is 10.0 Å². The lowest BCUT2D eigenvalue weighted by atomic mass is 10.1. The van der Waals surface area contributed by atoms with Crippen LogP contribution in [-0.4, -0.2) is 51.1 Å². The molecule has 3 rings (SSSR count). The van der Waals surface area contributed by atoms with Crippen LogP contribution in [0.2, 0.25) is 0 Å². The molecule has 156 valence electrons. The Labute approximate surface area is 170 Å². The summed E-state index contributed by atoms with van der Waals surface area (Å²) in [4.78, 5) is 10.9. The average molecular weight is 422 g/mol. The Hall–Kier alpha value is -2.29. The van der Waals surface area contributed by atoms with Crippen LogP contribution in [0.1, 0.15) is 28.8 Å². The minimum atomic E-state index is -3.49. The summed E-state index contributed by atoms with van der Waals surface area (Å²) >= 11 is 0. The summed E-state index contributed by atoms with van der Waals surface area (Å²) in [7, 11) is -3.49. The van der Waals surface area contributed by atoms with Crippen molar-refractivity contribution in [1.82, 2.24) is 9.21 Å². The number of rotatable bonds is 9. The number of carboxylic acid groups (broad SMARTS) is 1. The molecule has 1 saturated heterocycles. The number of hydrogen-bond donors (Lipinski definition) is 2. The number of carboxylic acids is 1. The van der Waals surface area contributed by atoms with Crippen LogP contribution in [-0.2, 0) is 16.6 Å². The third-order valence-electron chi connectivity index (χ3n) is 5.42. The van der Waals surface area contributed by atoms with Crippen molar-refractivity contribution in [3.63, 3.8) is 0 Å². The van der Waals surface area contributed by atoms with E-state index < -0.39 is 22.2 Å². The fraction of sp³-hybridized carbons (Fsp3) is 0.381. The van der Waals surface area contributed by atoms with Crippen LogP contribution in [0.4, 0.5) is 10.1 Å². The number of halogens is 1. The van der Waals surface area contributed by atoms with Crippen molar-refractivity contribution < 1.29 is 22.7 Å². The summed E-state index contributed by atoms with van der Waals surface area (Å²) < 4.78 is 41.7. The SMILES string of the molecule is O=C(O)c1ccc(CNS(=O)(=O)CCC[N+]2(c3ccccc3)CCC(F)C2)cc1. The first-order valence-electron chi connectivity index (χ1n) is 9.65. The Kier molecular flexibility index (Phi) is 6.66. The summed E-state index contributed by atoms with van der Waals surface area (Å²) in [6.07, 6.45) is 0.0555. The number of nitrogens with zero attached hydrogens (tertiary/aromatic N) is 1. The number of carbonyl (C=O) groups is 1. The molecule has 0 aromatic heterocycles. The van der Waals surface area contributed by atoms with Gasteiger partial charge in [-0.25, -0.2) is 22.3 Å². The zero-order valence-electron chi connectivity index (χ0n) is 16.1. The zero-order chi connectivity index (χ0) is 20.9. The maximum Gasteiger partial charge on any atom is 0.335 e. The van der Waals surface area contributed by atoms with Gasteiger partial charge in [0.05, 0.1) is 24.4 Å². The normalized spacial score (nSPS) is 21.9. The van der Waals surface area contributed by atoms with Gasteiger partial charge >= 0.3 is 5.97 Å². The van der Waals surface area contributed by atoms with E-state index in [2.05, 4.69) is 4.72 Å². The second kappa shape index (κ2) is 9.02. The zero-order valence-corrected chi connectivity index (χ0v) is 16.9. The van der Waals surface area contributed by atoms with Gasteiger partial charge in [-0.3, -0.25) is 4.48 Å². The minimum absolute atomic E-state index is 0.0377. The van der Waals surface area contributed by atoms with Gasteiger partial charge in [-0.1, -0.05) is 30.3 Å². The van der Waals surface area contributed by atoms with Gasteiger partial charge in [0.1, 0.15) is 12.2 Å². The molecule has 2 aromatic rings. The van der Waals surface area contributed by atoms with E-state index >= 15 is 0 Å². The van der Waals surface area contributed by atoms with Crippen molar-refractivity contribution >= 4 is 21.7 Å². The number of alkyl halides is 1. The number of hydrogen-bond acceptors (Lipinski definition) is 3. The van der Waals surface area contributed by atoms with E-state index in [0.29, 0.717) is 42.5 Å². The van der Waals surface area contributed by atoms with Crippen LogP contribution in [0, 0.1) is 0 Å². The third-order valence-corrected chi connectivity index (χ3v) is 6.83. The first-order valence-corrected chi connectivity index (χ1v) is 11.3. The van der Waals surface area contributed by atoms with Crippen molar-refractivity contribution in [3.8, 4) is 0 Å². The number of quaternary nitrogens is 1. The topological polar surface area (TPSA) is 83.5 Å². The molecule has 1 aliphatic heterocycles. The number of sulfonamides is 1. The van der Waals surface area contributed by atoms with Crippen LogP contribution in [0.5, 0.6) is 0 Å². The summed E-state index contributed by atoms with van der Waals surface area (Å²) in [5, 5.41) is 8.91. The van der Waals surface area contributed by atoms with Crippen molar-refractivity contribution in [1.29, 1.82) is 0 Å². The first-order chi connectivity index (χ1) is 13.8. The maximum absolute atomic E-state index is 14.0. The number of benzene rings is 2. The highest BCUT2D eigenvalue weighted by molar-refractivity contribution is 7.89. The van der Waals surface area contributed by atoms with Gasteiger partial charge in [-0.2, -0.15) is 0 Å². The molecular formula is C21H26FN2O4S+. The second-order valence-corrected chi connectivity index (χ2v) is 9.42. The lowest BCUT2D eigenvalue weighted by Gasteiger charge is -2.33. The van der Waals surface area contributed by atoms with Gasteiger partial charge in [0.25, 0.3) is 0 Å². The van der Waals surface area contributed by atoms with E-state index in [-0.39, 0.29) is 17.9 Å². The Morgan fingerprint density at radius 3 is 2.41 bits per heavy atom. The second-order valence-electron chi connectivity index (χ2n) is 7.49.